The number of hydrogen-bond donors (Lipinski definition) is 1. The predicted octanol–water partition coefficient (Wildman–Crippen LogP) is 2.63. The fourth-order valence-electron chi connectivity index (χ4n) is 2.34. The first kappa shape index (κ1) is 12.0. The number of carbonyl (C=O) groups is 1. The van der Waals surface area contributed by atoms with E-state index in [0.29, 0.717) is 11.0 Å². The first-order valence-corrected chi connectivity index (χ1v) is 6.61. The molecule has 2 aromatic rings. The second-order valence-electron chi connectivity index (χ2n) is 4.80. The number of anilines is 1. The number of likely N-dealkylation sites (tertiary alicyclic amines) is 1. The molecule has 0 radical (unpaired) electrons. The topological polar surface area (TPSA) is 71.3 Å². The van der Waals surface area contributed by atoms with Crippen LogP contribution in [0.4, 0.5) is 10.5 Å². The molecule has 2 heterocycles. The SMILES string of the molecule is O=C(Nc1ccc2nonc2c1)N1CCCCCC1. The molecule has 0 bridgehead atoms. The van der Waals surface area contributed by atoms with Gasteiger partial charge in [0.2, 0.25) is 0 Å². The Morgan fingerprint density at radius 2 is 1.84 bits per heavy atom. The summed E-state index contributed by atoms with van der Waals surface area (Å²) >= 11 is 0. The van der Waals surface area contributed by atoms with E-state index in [1.54, 1.807) is 12.1 Å². The van der Waals surface area contributed by atoms with E-state index in [-0.39, 0.29) is 6.03 Å². The van der Waals surface area contributed by atoms with Crippen LogP contribution in [0.1, 0.15) is 25.7 Å². The maximum Gasteiger partial charge on any atom is 0.321 e. The van der Waals surface area contributed by atoms with Crippen molar-refractivity contribution in [2.75, 3.05) is 18.4 Å². The molecule has 1 fully saturated rings. The zero-order valence-corrected chi connectivity index (χ0v) is 10.6. The zero-order chi connectivity index (χ0) is 13.1. The third-order valence-electron chi connectivity index (χ3n) is 3.40. The number of amides is 2. The molecule has 0 spiro atoms. The minimum atomic E-state index is -0.0438. The van der Waals surface area contributed by atoms with Crippen molar-refractivity contribution in [2.45, 2.75) is 25.7 Å². The Morgan fingerprint density at radius 3 is 2.63 bits per heavy atom. The average Bonchev–Trinajstić information content (AvgIpc) is 2.71. The molecular formula is C13H16N4O2. The summed E-state index contributed by atoms with van der Waals surface area (Å²) in [5.74, 6) is 0. The fourth-order valence-corrected chi connectivity index (χ4v) is 2.34. The molecule has 3 rings (SSSR count). The van der Waals surface area contributed by atoms with Crippen LogP contribution in [-0.4, -0.2) is 34.3 Å². The summed E-state index contributed by atoms with van der Waals surface area (Å²) in [4.78, 5) is 14.0. The maximum absolute atomic E-state index is 12.1. The van der Waals surface area contributed by atoms with Crippen molar-refractivity contribution in [3.8, 4) is 0 Å². The number of rotatable bonds is 1. The van der Waals surface area contributed by atoms with Crippen molar-refractivity contribution < 1.29 is 9.42 Å². The molecule has 1 saturated heterocycles. The van der Waals surface area contributed by atoms with Gasteiger partial charge in [-0.15, -0.1) is 0 Å². The fraction of sp³-hybridized carbons (Fsp3) is 0.462. The van der Waals surface area contributed by atoms with Gasteiger partial charge in [-0.3, -0.25) is 0 Å². The lowest BCUT2D eigenvalue weighted by Crippen LogP contribution is -2.35. The number of nitrogens with zero attached hydrogens (tertiary/aromatic N) is 3. The van der Waals surface area contributed by atoms with Crippen molar-refractivity contribution in [3.63, 3.8) is 0 Å². The first-order valence-electron chi connectivity index (χ1n) is 6.61. The lowest BCUT2D eigenvalue weighted by molar-refractivity contribution is 0.214. The highest BCUT2D eigenvalue weighted by Gasteiger charge is 2.15. The first-order chi connectivity index (χ1) is 9.33. The van der Waals surface area contributed by atoms with Gasteiger partial charge in [-0.1, -0.05) is 12.8 Å². The van der Waals surface area contributed by atoms with Crippen molar-refractivity contribution in [1.29, 1.82) is 0 Å². The van der Waals surface area contributed by atoms with E-state index >= 15 is 0 Å². The minimum absolute atomic E-state index is 0.0438. The summed E-state index contributed by atoms with van der Waals surface area (Å²) in [6, 6.07) is 5.31. The molecule has 0 saturated carbocycles. The van der Waals surface area contributed by atoms with Gasteiger partial charge in [0.1, 0.15) is 11.0 Å². The van der Waals surface area contributed by atoms with Crippen molar-refractivity contribution in [2.24, 2.45) is 0 Å². The van der Waals surface area contributed by atoms with E-state index in [1.807, 2.05) is 11.0 Å². The summed E-state index contributed by atoms with van der Waals surface area (Å²) < 4.78 is 4.63. The normalized spacial score (nSPS) is 16.3. The standard InChI is InChI=1S/C13H16N4O2/c18-13(17-7-3-1-2-4-8-17)14-10-5-6-11-12(9-10)16-19-15-11/h5-6,9H,1-4,7-8H2,(H,14,18). The van der Waals surface area contributed by atoms with Crippen LogP contribution in [-0.2, 0) is 0 Å². The van der Waals surface area contributed by atoms with Gasteiger partial charge in [0.05, 0.1) is 0 Å². The monoisotopic (exact) mass is 260 g/mol. The lowest BCUT2D eigenvalue weighted by Gasteiger charge is -2.20. The third-order valence-corrected chi connectivity index (χ3v) is 3.40. The number of fused-ring (bicyclic) bond motifs is 1. The largest absolute Gasteiger partial charge is 0.325 e. The summed E-state index contributed by atoms with van der Waals surface area (Å²) in [5.41, 5.74) is 2.05. The quantitative estimate of drug-likeness (QED) is 0.855. The van der Waals surface area contributed by atoms with Gasteiger partial charge >= 0.3 is 6.03 Å². The summed E-state index contributed by atoms with van der Waals surface area (Å²) in [5, 5.41) is 10.4. The highest BCUT2D eigenvalue weighted by molar-refractivity contribution is 5.91. The summed E-state index contributed by atoms with van der Waals surface area (Å²) in [6.07, 6.45) is 4.58. The van der Waals surface area contributed by atoms with Crippen LogP contribution < -0.4 is 5.32 Å². The van der Waals surface area contributed by atoms with E-state index in [9.17, 15) is 4.79 Å². The van der Waals surface area contributed by atoms with E-state index in [4.69, 9.17) is 0 Å². The summed E-state index contributed by atoms with van der Waals surface area (Å²) in [6.45, 7) is 1.67. The van der Waals surface area contributed by atoms with Gasteiger partial charge in [0, 0.05) is 18.8 Å². The van der Waals surface area contributed by atoms with Crippen molar-refractivity contribution in [3.05, 3.63) is 18.2 Å². The molecule has 1 N–H and O–H groups in total. The molecule has 0 atom stereocenters. The molecule has 1 aliphatic heterocycles. The maximum atomic E-state index is 12.1. The second kappa shape index (κ2) is 5.26. The van der Waals surface area contributed by atoms with E-state index < -0.39 is 0 Å². The molecule has 19 heavy (non-hydrogen) atoms. The Hall–Kier alpha value is -2.11. The number of nitrogens with one attached hydrogen (secondary N) is 1. The Morgan fingerprint density at radius 1 is 1.11 bits per heavy atom. The molecule has 100 valence electrons. The molecular weight excluding hydrogens is 244 g/mol. The van der Waals surface area contributed by atoms with E-state index in [1.165, 1.54) is 12.8 Å². The molecule has 6 nitrogen and oxygen atoms in total. The highest BCUT2D eigenvalue weighted by atomic mass is 16.6. The zero-order valence-electron chi connectivity index (χ0n) is 10.6. The van der Waals surface area contributed by atoms with E-state index in [2.05, 4.69) is 20.3 Å². The molecule has 6 heteroatoms. The number of urea groups is 1. The van der Waals surface area contributed by atoms with Crippen LogP contribution in [0.25, 0.3) is 11.0 Å². The van der Waals surface area contributed by atoms with Gasteiger partial charge < -0.3 is 10.2 Å². The molecule has 1 aliphatic rings. The second-order valence-corrected chi connectivity index (χ2v) is 4.80. The third kappa shape index (κ3) is 2.67. The van der Waals surface area contributed by atoms with Gasteiger partial charge in [0.25, 0.3) is 0 Å². The smallest absolute Gasteiger partial charge is 0.321 e. The molecule has 2 amide bonds. The highest BCUT2D eigenvalue weighted by Crippen LogP contribution is 2.17. The van der Waals surface area contributed by atoms with Gasteiger partial charge in [-0.05, 0) is 41.4 Å². The number of carbonyl (C=O) groups excluding carboxylic acids is 1. The molecule has 0 aliphatic carbocycles. The van der Waals surface area contributed by atoms with Gasteiger partial charge in [0.15, 0.2) is 0 Å². The van der Waals surface area contributed by atoms with Crippen LogP contribution in [0.5, 0.6) is 0 Å². The summed E-state index contributed by atoms with van der Waals surface area (Å²) in [7, 11) is 0. The van der Waals surface area contributed by atoms with Crippen molar-refractivity contribution in [1.82, 2.24) is 15.2 Å². The van der Waals surface area contributed by atoms with Gasteiger partial charge in [-0.2, -0.15) is 0 Å². The average molecular weight is 260 g/mol. The van der Waals surface area contributed by atoms with Crippen LogP contribution in [0, 0.1) is 0 Å². The number of hydrogen-bond acceptors (Lipinski definition) is 4. The van der Waals surface area contributed by atoms with Crippen LogP contribution in [0.15, 0.2) is 22.8 Å². The van der Waals surface area contributed by atoms with Crippen LogP contribution in [0.2, 0.25) is 0 Å². The predicted molar refractivity (Wildman–Crippen MR) is 70.9 cm³/mol. The Kier molecular flexibility index (Phi) is 3.31. The van der Waals surface area contributed by atoms with Crippen molar-refractivity contribution >= 4 is 22.8 Å². The molecule has 0 unspecified atom stereocenters. The number of aromatic nitrogens is 2. The Labute approximate surface area is 110 Å². The Bertz CT molecular complexity index is 573. The van der Waals surface area contributed by atoms with Crippen LogP contribution in [0.3, 0.4) is 0 Å². The van der Waals surface area contributed by atoms with E-state index in [0.717, 1.165) is 31.6 Å². The molecule has 1 aromatic heterocycles. The molecule has 1 aromatic carbocycles. The number of benzene rings is 1. The Balaban J connectivity index is 1.70. The van der Waals surface area contributed by atoms with Gasteiger partial charge in [-0.25, -0.2) is 9.42 Å². The van der Waals surface area contributed by atoms with Crippen LogP contribution >= 0.6 is 0 Å². The minimum Gasteiger partial charge on any atom is -0.325 e. The lowest BCUT2D eigenvalue weighted by atomic mass is 10.2.